The smallest absolute Gasteiger partial charge is 0.338 e. The second-order valence-electron chi connectivity index (χ2n) is 16.2. The first-order chi connectivity index (χ1) is 38.0. The maximum absolute atomic E-state index is 14.8. The van der Waals surface area contributed by atoms with Crippen molar-refractivity contribution in [2.45, 2.75) is 23.6 Å². The van der Waals surface area contributed by atoms with E-state index in [0.717, 1.165) is 24.3 Å². The molecule has 0 aliphatic rings. The van der Waals surface area contributed by atoms with Crippen LogP contribution < -0.4 is 52.6 Å². The molecule has 12 N–H and O–H groups in total. The number of carbonyl (C=O) groups excluding carboxylic acids is 3. The Morgan fingerprint density at radius 3 is 1.18 bits per heavy atom. The number of rotatable bonds is 34. The van der Waals surface area contributed by atoms with Gasteiger partial charge in [0.15, 0.2) is 46.7 Å². The number of hydroxylamine groups is 1. The third-order valence-electron chi connectivity index (χ3n) is 9.87. The predicted molar refractivity (Wildman–Crippen MR) is 282 cm³/mol. The Kier molecular flexibility index (Phi) is 26.9. The molecule has 0 aliphatic carbocycles. The number of nitrogens with two attached hydrogens (primary N) is 4. The van der Waals surface area contributed by atoms with Crippen LogP contribution in [0.4, 0.5) is 22.4 Å². The van der Waals surface area contributed by atoms with Crippen molar-refractivity contribution in [1.82, 2.24) is 20.2 Å². The zero-order valence-corrected chi connectivity index (χ0v) is 44.8. The summed E-state index contributed by atoms with van der Waals surface area (Å²) in [6, 6.07) is 12.7. The van der Waals surface area contributed by atoms with Crippen molar-refractivity contribution >= 4 is 62.0 Å². The number of hydrogen-bond donors (Lipinski definition) is 8. The lowest BCUT2D eigenvalue weighted by molar-refractivity contribution is -0.115. The number of guanidine groups is 2. The van der Waals surface area contributed by atoms with Crippen LogP contribution in [-0.2, 0) is 58.2 Å². The van der Waals surface area contributed by atoms with Crippen molar-refractivity contribution in [2.24, 2.45) is 32.9 Å². The molecule has 4 aromatic rings. The number of ether oxygens (including phenoxy) is 7. The molecule has 25 nitrogen and oxygen atoms in total. The van der Waals surface area contributed by atoms with E-state index in [1.54, 1.807) is 0 Å². The largest absolute Gasteiger partial charge is 0.451 e. The fourth-order valence-electron chi connectivity index (χ4n) is 6.18. The van der Waals surface area contributed by atoms with Crippen LogP contribution in [-0.4, -0.2) is 139 Å². The molecule has 4 amide bonds. The maximum Gasteiger partial charge on any atom is 0.338 e. The fraction of sp³-hybridized carbons (Fsp3) is 0.327. The molecular weight excluding hydrogens is 1110 g/mol. The van der Waals surface area contributed by atoms with E-state index in [4.69, 9.17) is 60.9 Å². The van der Waals surface area contributed by atoms with Crippen LogP contribution in [0.5, 0.6) is 23.0 Å². The van der Waals surface area contributed by atoms with E-state index in [1.165, 1.54) is 74.5 Å². The molecule has 0 saturated carbocycles. The average Bonchev–Trinajstić information content (AvgIpc) is 3.41. The summed E-state index contributed by atoms with van der Waals surface area (Å²) in [7, 11) is -7.95. The third kappa shape index (κ3) is 23.4. The minimum Gasteiger partial charge on any atom is -0.451 e. The van der Waals surface area contributed by atoms with Gasteiger partial charge in [-0.25, -0.2) is 54.1 Å². The second-order valence-corrected chi connectivity index (χ2v) is 19.7. The summed E-state index contributed by atoms with van der Waals surface area (Å²) in [6.07, 6.45) is 2.36. The molecule has 0 fully saturated rings. The standard InChI is InChI=1S/C49H60F4N10O15S2/c1-31(45(64)61-47(54)55)25-33-27-39(50)43(40(51)28-33)77-35-3-7-37(8-4-35)79(67,68)59-12-15-72-18-21-74-20-17-71-14-11-58-49(66)63-76-24-23-75-22-19-73-16-13-60-80(69,70)38-9-5-36(6-10-38)78-44-41(52)29-34(30-42(44)53)26-32(2)46(65)62-48(56)57/h3-10,25-30,59-60H,11-24H2,1-2H3,(H2,58,63,66)(H4,54,55,61,64)(H4,56,57,62,65)/b31-25+,32-26+. The Bertz CT molecular complexity index is 3030. The van der Waals surface area contributed by atoms with Crippen molar-refractivity contribution < 1.29 is 86.8 Å². The first-order valence-electron chi connectivity index (χ1n) is 23.8. The first-order valence-corrected chi connectivity index (χ1v) is 26.7. The normalized spacial score (nSPS) is 11.9. The van der Waals surface area contributed by atoms with E-state index >= 15 is 0 Å². The number of nitrogens with zero attached hydrogens (tertiary/aromatic N) is 2. The van der Waals surface area contributed by atoms with Crippen LogP contribution in [0.15, 0.2) is 104 Å². The Balaban J connectivity index is 0.947. The predicted octanol–water partition coefficient (Wildman–Crippen LogP) is 2.80. The van der Waals surface area contributed by atoms with Gasteiger partial charge in [-0.05, 0) is 110 Å². The highest BCUT2D eigenvalue weighted by Gasteiger charge is 2.19. The van der Waals surface area contributed by atoms with Crippen molar-refractivity contribution in [2.75, 3.05) is 92.3 Å². The fourth-order valence-corrected chi connectivity index (χ4v) is 8.21. The van der Waals surface area contributed by atoms with Crippen LogP contribution in [0.2, 0.25) is 0 Å². The highest BCUT2D eigenvalue weighted by molar-refractivity contribution is 7.89. The highest BCUT2D eigenvalue weighted by Crippen LogP contribution is 2.32. The summed E-state index contributed by atoms with van der Waals surface area (Å²) in [5.74, 6) is -8.46. The monoisotopic (exact) mass is 1170 g/mol. The van der Waals surface area contributed by atoms with Crippen LogP contribution in [0.25, 0.3) is 12.2 Å². The van der Waals surface area contributed by atoms with E-state index < -0.39 is 84.6 Å². The summed E-state index contributed by atoms with van der Waals surface area (Å²) in [6.45, 7) is 4.13. The number of hydrogen-bond acceptors (Lipinski definition) is 15. The summed E-state index contributed by atoms with van der Waals surface area (Å²) in [4.78, 5) is 47.1. The van der Waals surface area contributed by atoms with Crippen LogP contribution in [0.3, 0.4) is 0 Å². The summed E-state index contributed by atoms with van der Waals surface area (Å²) in [5.41, 5.74) is 22.9. The molecule has 0 heterocycles. The highest BCUT2D eigenvalue weighted by atomic mass is 32.2. The second kappa shape index (κ2) is 33.1. The first kappa shape index (κ1) is 64.9. The molecule has 80 heavy (non-hydrogen) atoms. The molecule has 0 bridgehead atoms. The van der Waals surface area contributed by atoms with Gasteiger partial charge < -0.3 is 61.4 Å². The molecule has 0 saturated heterocycles. The number of carbonyl (C=O) groups is 3. The number of nitrogens with one attached hydrogen (secondary N) is 4. The van der Waals surface area contributed by atoms with Gasteiger partial charge in [0.1, 0.15) is 11.5 Å². The number of halogens is 4. The average molecular weight is 1170 g/mol. The molecule has 31 heteroatoms. The lowest BCUT2D eigenvalue weighted by Gasteiger charge is -2.11. The van der Waals surface area contributed by atoms with Gasteiger partial charge in [-0.15, -0.1) is 0 Å². The van der Waals surface area contributed by atoms with Gasteiger partial charge in [0, 0.05) is 30.8 Å². The summed E-state index contributed by atoms with van der Waals surface area (Å²) >= 11 is 0. The van der Waals surface area contributed by atoms with Crippen LogP contribution >= 0.6 is 0 Å². The topological polar surface area (TPSA) is 370 Å². The van der Waals surface area contributed by atoms with Gasteiger partial charge in [-0.3, -0.25) is 14.4 Å². The maximum atomic E-state index is 14.8. The lowest BCUT2D eigenvalue weighted by Crippen LogP contribution is -2.38. The zero-order valence-electron chi connectivity index (χ0n) is 43.1. The van der Waals surface area contributed by atoms with E-state index in [1.807, 2.05) is 0 Å². The van der Waals surface area contributed by atoms with Gasteiger partial charge in [-0.2, -0.15) is 9.98 Å². The summed E-state index contributed by atoms with van der Waals surface area (Å²) < 4.78 is 152. The molecule has 0 aromatic heterocycles. The Hall–Kier alpha value is -7.59. The van der Waals surface area contributed by atoms with Crippen molar-refractivity contribution in [3.05, 3.63) is 118 Å². The molecule has 4 rings (SSSR count). The van der Waals surface area contributed by atoms with Crippen molar-refractivity contribution in [3.8, 4) is 23.0 Å². The zero-order chi connectivity index (χ0) is 58.7. The Morgan fingerprint density at radius 1 is 0.500 bits per heavy atom. The molecule has 0 aliphatic heterocycles. The molecule has 4 aromatic carbocycles. The van der Waals surface area contributed by atoms with Gasteiger partial charge in [-0.1, -0.05) is 0 Å². The summed E-state index contributed by atoms with van der Waals surface area (Å²) in [5, 5.41) is 2.53. The number of urea groups is 1. The van der Waals surface area contributed by atoms with Crippen molar-refractivity contribution in [1.29, 1.82) is 0 Å². The number of benzene rings is 4. The van der Waals surface area contributed by atoms with Crippen LogP contribution in [0.1, 0.15) is 25.0 Å². The SMILES string of the molecule is C/C(=C\c1cc(F)c(Oc2ccc(S(=O)(=O)NCCOCCOCCOCCNC(=O)NOCCOCCOCCNS(=O)(=O)c3ccc(Oc4c(F)cc(/C=C(\C)C(=O)N=C(N)N)cc4F)cc3)cc2)c(F)c1)C(=O)N=C(N)N. The van der Waals surface area contributed by atoms with E-state index in [2.05, 4.69) is 30.2 Å². The lowest BCUT2D eigenvalue weighted by atomic mass is 10.1. The minimum atomic E-state index is -3.98. The van der Waals surface area contributed by atoms with E-state index in [-0.39, 0.29) is 136 Å². The van der Waals surface area contributed by atoms with Gasteiger partial charge in [0.2, 0.25) is 20.0 Å². The molecule has 0 unspecified atom stereocenters. The molecule has 0 radical (unpaired) electrons. The number of aliphatic imine (C=N–C) groups is 2. The van der Waals surface area contributed by atoms with Crippen LogP contribution in [0, 0.1) is 23.3 Å². The van der Waals surface area contributed by atoms with E-state index in [9.17, 15) is 48.8 Å². The molecular formula is C49H60F4N10O15S2. The van der Waals surface area contributed by atoms with Gasteiger partial charge in [0.05, 0.1) is 82.5 Å². The molecule has 436 valence electrons. The molecule has 0 spiro atoms. The molecule has 0 atom stereocenters. The van der Waals surface area contributed by atoms with Crippen molar-refractivity contribution in [3.63, 3.8) is 0 Å². The number of amides is 4. The third-order valence-corrected chi connectivity index (χ3v) is 12.8. The quantitative estimate of drug-likeness (QED) is 0.00832. The van der Waals surface area contributed by atoms with Gasteiger partial charge >= 0.3 is 6.03 Å². The number of sulfonamides is 2. The Morgan fingerprint density at radius 2 is 0.825 bits per heavy atom. The minimum absolute atomic E-state index is 0.00138. The Labute approximate surface area is 457 Å². The van der Waals surface area contributed by atoms with Gasteiger partial charge in [0.25, 0.3) is 11.8 Å². The van der Waals surface area contributed by atoms with E-state index in [0.29, 0.717) is 0 Å².